The van der Waals surface area contributed by atoms with Gasteiger partial charge in [-0.05, 0) is 30.7 Å². The van der Waals surface area contributed by atoms with Crippen molar-refractivity contribution in [3.63, 3.8) is 0 Å². The highest BCUT2D eigenvalue weighted by molar-refractivity contribution is 5.74. The number of likely N-dealkylation sites (N-methyl/N-ethyl adjacent to an activating group) is 1. The van der Waals surface area contributed by atoms with Crippen LogP contribution in [0.5, 0.6) is 0 Å². The number of urea groups is 1. The summed E-state index contributed by atoms with van der Waals surface area (Å²) in [4.78, 5) is 21.0. The predicted molar refractivity (Wildman–Crippen MR) is 105 cm³/mol. The molecule has 0 bridgehead atoms. The van der Waals surface area contributed by atoms with E-state index in [1.165, 1.54) is 5.56 Å². The largest absolute Gasteiger partial charge is 0.374 e. The normalized spacial score (nSPS) is 17.4. The van der Waals surface area contributed by atoms with Crippen molar-refractivity contribution in [2.75, 3.05) is 39.8 Å². The molecule has 0 spiro atoms. The molecular formula is C21H28N4O2. The van der Waals surface area contributed by atoms with Gasteiger partial charge in [-0.3, -0.25) is 4.98 Å². The molecular weight excluding hydrogens is 340 g/mol. The maximum atomic E-state index is 12.8. The fourth-order valence-electron chi connectivity index (χ4n) is 3.18. The molecule has 2 aromatic rings. The summed E-state index contributed by atoms with van der Waals surface area (Å²) in [5.41, 5.74) is 2.24. The van der Waals surface area contributed by atoms with E-state index in [4.69, 9.17) is 4.74 Å². The smallest absolute Gasteiger partial charge is 0.317 e. The molecule has 2 heterocycles. The van der Waals surface area contributed by atoms with Crippen LogP contribution in [0.3, 0.4) is 0 Å². The highest BCUT2D eigenvalue weighted by Crippen LogP contribution is 2.08. The molecule has 1 aromatic heterocycles. The average Bonchev–Trinajstić information content (AvgIpc) is 2.71. The number of amides is 2. The van der Waals surface area contributed by atoms with Crippen LogP contribution in [0.25, 0.3) is 0 Å². The Hall–Kier alpha value is -2.44. The second-order valence-corrected chi connectivity index (χ2v) is 6.96. The molecule has 1 unspecified atom stereocenters. The second-order valence-electron chi connectivity index (χ2n) is 6.96. The molecule has 144 valence electrons. The van der Waals surface area contributed by atoms with Gasteiger partial charge >= 0.3 is 6.03 Å². The zero-order valence-electron chi connectivity index (χ0n) is 15.9. The van der Waals surface area contributed by atoms with Crippen molar-refractivity contribution in [1.82, 2.24) is 20.1 Å². The van der Waals surface area contributed by atoms with Crippen molar-refractivity contribution >= 4 is 6.03 Å². The van der Waals surface area contributed by atoms with Crippen LogP contribution < -0.4 is 5.32 Å². The van der Waals surface area contributed by atoms with E-state index in [-0.39, 0.29) is 12.1 Å². The summed E-state index contributed by atoms with van der Waals surface area (Å²) in [6.45, 7) is 4.21. The third-order valence-electron chi connectivity index (χ3n) is 4.72. The van der Waals surface area contributed by atoms with E-state index >= 15 is 0 Å². The minimum Gasteiger partial charge on any atom is -0.374 e. The Bertz CT molecular complexity index is 696. The number of nitrogens with zero attached hydrogens (tertiary/aromatic N) is 3. The first kappa shape index (κ1) is 19.3. The van der Waals surface area contributed by atoms with Crippen molar-refractivity contribution < 1.29 is 9.53 Å². The quantitative estimate of drug-likeness (QED) is 0.814. The molecule has 6 nitrogen and oxygen atoms in total. The number of aromatic nitrogens is 1. The zero-order chi connectivity index (χ0) is 18.9. The molecule has 3 rings (SSSR count). The number of ether oxygens (including phenoxy) is 1. The predicted octanol–water partition coefficient (Wildman–Crippen LogP) is 2.17. The van der Waals surface area contributed by atoms with E-state index in [2.05, 4.69) is 34.4 Å². The van der Waals surface area contributed by atoms with Gasteiger partial charge in [0.1, 0.15) is 0 Å². The molecule has 0 saturated carbocycles. The number of carbonyl (C=O) groups excluding carboxylic acids is 1. The van der Waals surface area contributed by atoms with Crippen LogP contribution in [0.1, 0.15) is 11.1 Å². The summed E-state index contributed by atoms with van der Waals surface area (Å²) < 4.78 is 5.74. The number of pyridine rings is 1. The van der Waals surface area contributed by atoms with Crippen LogP contribution in [-0.2, 0) is 17.7 Å². The number of rotatable bonds is 7. The highest BCUT2D eigenvalue weighted by atomic mass is 16.5. The van der Waals surface area contributed by atoms with Gasteiger partial charge in [-0.2, -0.15) is 0 Å². The maximum Gasteiger partial charge on any atom is 0.317 e. The molecule has 27 heavy (non-hydrogen) atoms. The summed E-state index contributed by atoms with van der Waals surface area (Å²) in [7, 11) is 2.08. The van der Waals surface area contributed by atoms with Crippen LogP contribution in [0.2, 0.25) is 0 Å². The minimum atomic E-state index is -0.0633. The number of benzene rings is 1. The van der Waals surface area contributed by atoms with Gasteiger partial charge in [0.15, 0.2) is 0 Å². The van der Waals surface area contributed by atoms with E-state index in [0.717, 1.165) is 25.1 Å². The van der Waals surface area contributed by atoms with Crippen LogP contribution in [-0.4, -0.2) is 66.8 Å². The van der Waals surface area contributed by atoms with Crippen molar-refractivity contribution in [3.8, 4) is 0 Å². The third kappa shape index (κ3) is 6.34. The first-order chi connectivity index (χ1) is 13.2. The van der Waals surface area contributed by atoms with E-state index in [1.807, 2.05) is 41.4 Å². The Morgan fingerprint density at radius 3 is 2.81 bits per heavy atom. The summed E-state index contributed by atoms with van der Waals surface area (Å²) in [5, 5.41) is 3.04. The molecule has 6 heteroatoms. The highest BCUT2D eigenvalue weighted by Gasteiger charge is 2.20. The number of hydrogen-bond donors (Lipinski definition) is 1. The van der Waals surface area contributed by atoms with E-state index < -0.39 is 0 Å². The SMILES string of the molecule is CN1CCOC(CNC(=O)N(CCc2ccccc2)Cc2cccnc2)C1. The third-order valence-corrected chi connectivity index (χ3v) is 4.72. The van der Waals surface area contributed by atoms with Crippen molar-refractivity contribution in [1.29, 1.82) is 0 Å². The van der Waals surface area contributed by atoms with Gasteiger partial charge in [0, 0.05) is 45.1 Å². The van der Waals surface area contributed by atoms with Crippen LogP contribution in [0, 0.1) is 0 Å². The topological polar surface area (TPSA) is 57.7 Å². The van der Waals surface area contributed by atoms with Crippen molar-refractivity contribution in [2.45, 2.75) is 19.1 Å². The monoisotopic (exact) mass is 368 g/mol. The summed E-state index contributed by atoms with van der Waals surface area (Å²) in [6.07, 6.45) is 4.41. The van der Waals surface area contributed by atoms with Gasteiger partial charge in [-0.15, -0.1) is 0 Å². The number of carbonyl (C=O) groups is 1. The molecule has 0 radical (unpaired) electrons. The van der Waals surface area contributed by atoms with Crippen LogP contribution in [0.4, 0.5) is 4.79 Å². The van der Waals surface area contributed by atoms with Gasteiger partial charge in [0.05, 0.1) is 12.7 Å². The van der Waals surface area contributed by atoms with E-state index in [0.29, 0.717) is 26.2 Å². The van der Waals surface area contributed by atoms with E-state index in [9.17, 15) is 4.79 Å². The van der Waals surface area contributed by atoms with Crippen LogP contribution >= 0.6 is 0 Å². The summed E-state index contributed by atoms with van der Waals surface area (Å²) in [5.74, 6) is 0. The molecule has 1 fully saturated rings. The Morgan fingerprint density at radius 1 is 1.26 bits per heavy atom. The van der Waals surface area contributed by atoms with Gasteiger partial charge in [0.25, 0.3) is 0 Å². The van der Waals surface area contributed by atoms with Crippen molar-refractivity contribution in [2.24, 2.45) is 0 Å². The van der Waals surface area contributed by atoms with Gasteiger partial charge in [-0.1, -0.05) is 36.4 Å². The van der Waals surface area contributed by atoms with Crippen molar-refractivity contribution in [3.05, 3.63) is 66.0 Å². The molecule has 1 aliphatic rings. The lowest BCUT2D eigenvalue weighted by Gasteiger charge is -2.31. The fourth-order valence-corrected chi connectivity index (χ4v) is 3.18. The Morgan fingerprint density at radius 2 is 2.07 bits per heavy atom. The fraction of sp³-hybridized carbons (Fsp3) is 0.429. The van der Waals surface area contributed by atoms with Gasteiger partial charge < -0.3 is 19.9 Å². The Labute approximate surface area is 161 Å². The Kier molecular flexibility index (Phi) is 7.19. The number of morpholine rings is 1. The van der Waals surface area contributed by atoms with Gasteiger partial charge in [-0.25, -0.2) is 4.79 Å². The Balaban J connectivity index is 1.58. The molecule has 1 atom stereocenters. The molecule has 0 aliphatic carbocycles. The lowest BCUT2D eigenvalue weighted by Crippen LogP contribution is -2.49. The van der Waals surface area contributed by atoms with Crippen LogP contribution in [0.15, 0.2) is 54.9 Å². The summed E-state index contributed by atoms with van der Waals surface area (Å²) in [6, 6.07) is 14.1. The van der Waals surface area contributed by atoms with Gasteiger partial charge in [0.2, 0.25) is 0 Å². The number of hydrogen-bond acceptors (Lipinski definition) is 4. The number of nitrogens with one attached hydrogen (secondary N) is 1. The average molecular weight is 368 g/mol. The first-order valence-electron chi connectivity index (χ1n) is 9.46. The second kappa shape index (κ2) is 10.0. The maximum absolute atomic E-state index is 12.8. The lowest BCUT2D eigenvalue weighted by atomic mass is 10.1. The first-order valence-corrected chi connectivity index (χ1v) is 9.46. The zero-order valence-corrected chi connectivity index (χ0v) is 15.9. The molecule has 2 amide bonds. The minimum absolute atomic E-state index is 0.0436. The molecule has 1 aliphatic heterocycles. The lowest BCUT2D eigenvalue weighted by molar-refractivity contribution is -0.0172. The molecule has 1 saturated heterocycles. The standard InChI is InChI=1S/C21H28N4O2/c1-24-12-13-27-20(17-24)15-23-21(26)25(16-19-8-5-10-22-14-19)11-9-18-6-3-2-4-7-18/h2-8,10,14,20H,9,11-13,15-17H2,1H3,(H,23,26). The van der Waals surface area contributed by atoms with E-state index in [1.54, 1.807) is 6.20 Å². The molecule has 1 aromatic carbocycles. The molecule has 1 N–H and O–H groups in total. The summed E-state index contributed by atoms with van der Waals surface area (Å²) >= 11 is 0.